The van der Waals surface area contributed by atoms with Crippen molar-refractivity contribution in [2.24, 2.45) is 7.05 Å². The van der Waals surface area contributed by atoms with Gasteiger partial charge in [0.1, 0.15) is 5.60 Å². The first-order valence-electron chi connectivity index (χ1n) is 8.37. The summed E-state index contributed by atoms with van der Waals surface area (Å²) in [5, 5.41) is 0.500. The van der Waals surface area contributed by atoms with Crippen LogP contribution in [-0.2, 0) is 11.8 Å². The van der Waals surface area contributed by atoms with Gasteiger partial charge in [-0.2, -0.15) is 0 Å². The van der Waals surface area contributed by atoms with Gasteiger partial charge in [0.2, 0.25) is 0 Å². The van der Waals surface area contributed by atoms with Gasteiger partial charge < -0.3 is 9.64 Å². The molecule has 3 rings (SSSR count). The van der Waals surface area contributed by atoms with Crippen molar-refractivity contribution >= 4 is 17.0 Å². The van der Waals surface area contributed by atoms with Crippen LogP contribution < -0.4 is 11.2 Å². The average Bonchev–Trinajstić information content (AvgIpc) is 3.01. The van der Waals surface area contributed by atoms with Crippen molar-refractivity contribution < 1.29 is 9.53 Å². The van der Waals surface area contributed by atoms with Crippen LogP contribution in [0.5, 0.6) is 0 Å². The predicted molar refractivity (Wildman–Crippen MR) is 94.9 cm³/mol. The molecule has 1 unspecified atom stereocenters. The summed E-state index contributed by atoms with van der Waals surface area (Å²) >= 11 is 0. The number of likely N-dealkylation sites (tertiary alicyclic amines) is 1. The molecule has 0 bridgehead atoms. The molecule has 1 amide bonds. The van der Waals surface area contributed by atoms with Gasteiger partial charge in [-0.15, -0.1) is 0 Å². The van der Waals surface area contributed by atoms with Crippen molar-refractivity contribution in [3.05, 3.63) is 45.1 Å². The van der Waals surface area contributed by atoms with E-state index in [4.69, 9.17) is 4.74 Å². The number of rotatable bonds is 1. The molecule has 1 aromatic heterocycles. The summed E-state index contributed by atoms with van der Waals surface area (Å²) in [6.07, 6.45) is 0.132. The van der Waals surface area contributed by atoms with Gasteiger partial charge in [-0.1, -0.05) is 12.1 Å². The van der Waals surface area contributed by atoms with Gasteiger partial charge in [0.25, 0.3) is 5.56 Å². The highest BCUT2D eigenvalue weighted by Gasteiger charge is 2.32. The molecule has 1 aliphatic heterocycles. The third kappa shape index (κ3) is 3.18. The van der Waals surface area contributed by atoms with Crippen LogP contribution in [0.3, 0.4) is 0 Å². The molecule has 7 nitrogen and oxygen atoms in total. The van der Waals surface area contributed by atoms with Gasteiger partial charge in [-0.05, 0) is 39.3 Å². The fourth-order valence-electron chi connectivity index (χ4n) is 3.20. The zero-order valence-electron chi connectivity index (χ0n) is 15.0. The third-order valence-corrected chi connectivity index (χ3v) is 4.39. The molecule has 0 radical (unpaired) electrons. The number of ether oxygens (including phenoxy) is 1. The summed E-state index contributed by atoms with van der Waals surface area (Å²) in [6, 6.07) is 6.70. The maximum atomic E-state index is 12.8. The first-order valence-corrected chi connectivity index (χ1v) is 8.37. The summed E-state index contributed by atoms with van der Waals surface area (Å²) in [5.74, 6) is 0. The van der Waals surface area contributed by atoms with Crippen molar-refractivity contribution in [3.8, 4) is 0 Å². The van der Waals surface area contributed by atoms with Crippen LogP contribution in [0.1, 0.15) is 33.2 Å². The number of hydrogen-bond donors (Lipinski definition) is 0. The summed E-state index contributed by atoms with van der Waals surface area (Å²) in [4.78, 5) is 39.3. The molecule has 0 spiro atoms. The average molecular weight is 345 g/mol. The molecule has 134 valence electrons. The molecular formula is C18H23N3O4. The van der Waals surface area contributed by atoms with Crippen molar-refractivity contribution in [1.29, 1.82) is 0 Å². The molecule has 7 heteroatoms. The Hall–Kier alpha value is -2.57. The Kier molecular flexibility index (Phi) is 4.18. The molecule has 2 heterocycles. The summed E-state index contributed by atoms with van der Waals surface area (Å²) < 4.78 is 8.13. The van der Waals surface area contributed by atoms with Crippen LogP contribution in [0.25, 0.3) is 10.9 Å². The lowest BCUT2D eigenvalue weighted by Gasteiger charge is -2.24. The zero-order chi connectivity index (χ0) is 18.4. The Morgan fingerprint density at radius 3 is 2.56 bits per heavy atom. The van der Waals surface area contributed by atoms with Gasteiger partial charge in [-0.25, -0.2) is 9.59 Å². The molecule has 1 aromatic carbocycles. The molecule has 2 aromatic rings. The van der Waals surface area contributed by atoms with Crippen LogP contribution in [0.15, 0.2) is 33.9 Å². The van der Waals surface area contributed by atoms with E-state index in [9.17, 15) is 14.4 Å². The zero-order valence-corrected chi connectivity index (χ0v) is 15.0. The number of aryl methyl sites for hydroxylation is 1. The lowest BCUT2D eigenvalue weighted by molar-refractivity contribution is 0.0288. The highest BCUT2D eigenvalue weighted by atomic mass is 16.6. The standard InChI is InChI=1S/C18H23N3O4/c1-18(2,3)25-17(24)20-10-9-12(11-20)21-15(22)13-7-5-6-8-14(13)19(4)16(21)23/h5-8,12H,9-11H2,1-4H3. The molecule has 1 aliphatic rings. The van der Waals surface area contributed by atoms with Crippen LogP contribution in [0, 0.1) is 0 Å². The number of benzene rings is 1. The molecule has 0 N–H and O–H groups in total. The molecule has 25 heavy (non-hydrogen) atoms. The van der Waals surface area contributed by atoms with Gasteiger partial charge in [0.15, 0.2) is 0 Å². The van der Waals surface area contributed by atoms with Crippen LogP contribution in [0.4, 0.5) is 4.79 Å². The molecule has 1 fully saturated rings. The molecule has 1 saturated heterocycles. The van der Waals surface area contributed by atoms with Gasteiger partial charge >= 0.3 is 11.8 Å². The molecule has 1 atom stereocenters. The van der Waals surface area contributed by atoms with E-state index >= 15 is 0 Å². The Balaban J connectivity index is 1.95. The molecule has 0 saturated carbocycles. The maximum Gasteiger partial charge on any atom is 0.410 e. The predicted octanol–water partition coefficient (Wildman–Crippen LogP) is 1.88. The van der Waals surface area contributed by atoms with Gasteiger partial charge in [0, 0.05) is 20.1 Å². The minimum atomic E-state index is -0.578. The maximum absolute atomic E-state index is 12.8. The van der Waals surface area contributed by atoms with E-state index in [1.807, 2.05) is 20.8 Å². The van der Waals surface area contributed by atoms with Crippen molar-refractivity contribution in [3.63, 3.8) is 0 Å². The Labute approximate surface area is 145 Å². The molecular weight excluding hydrogens is 322 g/mol. The van der Waals surface area contributed by atoms with E-state index in [-0.39, 0.29) is 17.3 Å². The Morgan fingerprint density at radius 2 is 1.88 bits per heavy atom. The van der Waals surface area contributed by atoms with Crippen molar-refractivity contribution in [2.45, 2.75) is 38.8 Å². The monoisotopic (exact) mass is 345 g/mol. The summed E-state index contributed by atoms with van der Waals surface area (Å²) in [6.45, 7) is 6.18. The minimum Gasteiger partial charge on any atom is -0.444 e. The van der Waals surface area contributed by atoms with E-state index in [0.717, 1.165) is 0 Å². The smallest absolute Gasteiger partial charge is 0.410 e. The second kappa shape index (κ2) is 6.06. The van der Waals surface area contributed by atoms with Crippen molar-refractivity contribution in [1.82, 2.24) is 14.0 Å². The van der Waals surface area contributed by atoms with E-state index < -0.39 is 11.7 Å². The number of fused-ring (bicyclic) bond motifs is 1. The van der Waals surface area contributed by atoms with Gasteiger partial charge in [0.05, 0.1) is 16.9 Å². The highest BCUT2D eigenvalue weighted by molar-refractivity contribution is 5.77. The van der Waals surface area contributed by atoms with E-state index in [2.05, 4.69) is 0 Å². The second-order valence-electron chi connectivity index (χ2n) is 7.40. The minimum absolute atomic E-state index is 0.294. The highest BCUT2D eigenvalue weighted by Crippen LogP contribution is 2.22. The van der Waals surface area contributed by atoms with E-state index in [1.54, 1.807) is 36.2 Å². The Morgan fingerprint density at radius 1 is 1.20 bits per heavy atom. The summed E-state index contributed by atoms with van der Waals surface area (Å²) in [7, 11) is 1.65. The van der Waals surface area contributed by atoms with Crippen molar-refractivity contribution in [2.75, 3.05) is 13.1 Å². The number of aromatic nitrogens is 2. The first-order chi connectivity index (χ1) is 11.7. The van der Waals surface area contributed by atoms with E-state index in [0.29, 0.717) is 30.4 Å². The third-order valence-electron chi connectivity index (χ3n) is 4.39. The fraction of sp³-hybridized carbons (Fsp3) is 0.500. The quantitative estimate of drug-likeness (QED) is 0.791. The number of hydrogen-bond acceptors (Lipinski definition) is 4. The largest absolute Gasteiger partial charge is 0.444 e. The number of nitrogens with zero attached hydrogens (tertiary/aromatic N) is 3. The lowest BCUT2D eigenvalue weighted by atomic mass is 10.2. The number of carbonyl (C=O) groups excluding carboxylic acids is 1. The topological polar surface area (TPSA) is 73.5 Å². The fourth-order valence-corrected chi connectivity index (χ4v) is 3.20. The van der Waals surface area contributed by atoms with Crippen LogP contribution in [0.2, 0.25) is 0 Å². The second-order valence-corrected chi connectivity index (χ2v) is 7.40. The van der Waals surface area contributed by atoms with Gasteiger partial charge in [-0.3, -0.25) is 13.9 Å². The summed E-state index contributed by atoms with van der Waals surface area (Å²) in [5.41, 5.74) is -0.643. The first kappa shape index (κ1) is 17.3. The van der Waals surface area contributed by atoms with Crippen LogP contribution in [-0.4, -0.2) is 38.8 Å². The number of amides is 1. The molecule has 0 aliphatic carbocycles. The SMILES string of the molecule is Cn1c(=O)n(C2CCN(C(=O)OC(C)(C)C)C2)c(=O)c2ccccc21. The van der Waals surface area contributed by atoms with Crippen LogP contribution >= 0.6 is 0 Å². The normalized spacial score (nSPS) is 17.9. The number of carbonyl (C=O) groups is 1. The van der Waals surface area contributed by atoms with E-state index in [1.165, 1.54) is 9.13 Å². The number of para-hydroxylation sites is 1. The lowest BCUT2D eigenvalue weighted by Crippen LogP contribution is -2.43. The Bertz CT molecular complexity index is 936.